The molecule has 2 saturated heterocycles. The summed E-state index contributed by atoms with van der Waals surface area (Å²) in [4.78, 5) is 18.4. The first-order valence-corrected chi connectivity index (χ1v) is 8.55. The van der Waals surface area contributed by atoms with Crippen molar-refractivity contribution in [2.45, 2.75) is 45.2 Å². The van der Waals surface area contributed by atoms with Gasteiger partial charge in [-0.1, -0.05) is 6.92 Å². The standard InChI is InChI=1S/C18H20FN5O/c1-10-3-12-6-13(4-10)24(12)18(25)22-16-7-14(11(2)5-15(16)19)17-8-20-9-21-23-17/h5,7-10,12-13H,3-4,6H2,1-2H3,(H,22,25). The lowest BCUT2D eigenvalue weighted by molar-refractivity contribution is -0.00603. The molecule has 6 nitrogen and oxygen atoms in total. The number of rotatable bonds is 2. The van der Waals surface area contributed by atoms with Crippen molar-refractivity contribution in [1.29, 1.82) is 0 Å². The van der Waals surface area contributed by atoms with Crippen LogP contribution in [-0.2, 0) is 0 Å². The molecule has 130 valence electrons. The van der Waals surface area contributed by atoms with Crippen LogP contribution in [0.1, 0.15) is 31.7 Å². The molecule has 1 N–H and O–H groups in total. The zero-order valence-electron chi connectivity index (χ0n) is 14.2. The molecular formula is C18H20FN5O. The molecule has 2 atom stereocenters. The van der Waals surface area contributed by atoms with E-state index in [2.05, 4.69) is 27.4 Å². The van der Waals surface area contributed by atoms with E-state index in [1.54, 1.807) is 19.2 Å². The maximum atomic E-state index is 14.4. The summed E-state index contributed by atoms with van der Waals surface area (Å²) in [6.45, 7) is 4.01. The quantitative estimate of drug-likeness (QED) is 0.909. The van der Waals surface area contributed by atoms with Crippen molar-refractivity contribution in [2.75, 3.05) is 5.32 Å². The molecule has 7 heteroatoms. The number of piperidine rings is 1. The van der Waals surface area contributed by atoms with E-state index in [1.807, 2.05) is 4.90 Å². The Morgan fingerprint density at radius 3 is 2.72 bits per heavy atom. The summed E-state index contributed by atoms with van der Waals surface area (Å²) < 4.78 is 14.4. The second-order valence-electron chi connectivity index (χ2n) is 7.10. The Kier molecular flexibility index (Phi) is 3.86. The molecule has 2 aliphatic rings. The Balaban J connectivity index is 1.58. The molecular weight excluding hydrogens is 321 g/mol. The number of amides is 2. The van der Waals surface area contributed by atoms with Crippen molar-refractivity contribution in [3.05, 3.63) is 36.0 Å². The number of aromatic nitrogens is 3. The van der Waals surface area contributed by atoms with Gasteiger partial charge in [-0.15, -0.1) is 10.2 Å². The first-order valence-electron chi connectivity index (χ1n) is 8.55. The summed E-state index contributed by atoms with van der Waals surface area (Å²) in [7, 11) is 0. The highest BCUT2D eigenvalue weighted by molar-refractivity contribution is 5.91. The Hall–Kier alpha value is -2.57. The van der Waals surface area contributed by atoms with Gasteiger partial charge in [-0.05, 0) is 49.8 Å². The largest absolute Gasteiger partial charge is 0.322 e. The van der Waals surface area contributed by atoms with E-state index in [0.29, 0.717) is 22.7 Å². The molecule has 0 radical (unpaired) electrons. The van der Waals surface area contributed by atoms with Gasteiger partial charge in [0.25, 0.3) is 0 Å². The lowest BCUT2D eigenvalue weighted by Crippen LogP contribution is -2.63. The molecule has 3 heterocycles. The predicted molar refractivity (Wildman–Crippen MR) is 91.4 cm³/mol. The van der Waals surface area contributed by atoms with E-state index in [0.717, 1.165) is 19.3 Å². The topological polar surface area (TPSA) is 71.0 Å². The summed E-state index contributed by atoms with van der Waals surface area (Å²) in [6, 6.07) is 3.35. The van der Waals surface area contributed by atoms with E-state index in [9.17, 15) is 9.18 Å². The number of carbonyl (C=O) groups excluding carboxylic acids is 1. The molecule has 25 heavy (non-hydrogen) atoms. The molecule has 1 aromatic carbocycles. The zero-order chi connectivity index (χ0) is 17.6. The highest BCUT2D eigenvalue weighted by atomic mass is 19.1. The monoisotopic (exact) mass is 341 g/mol. The number of fused-ring (bicyclic) bond motifs is 2. The third-order valence-electron chi connectivity index (χ3n) is 5.23. The maximum absolute atomic E-state index is 14.4. The minimum Gasteiger partial charge on any atom is -0.318 e. The number of nitrogens with zero attached hydrogens (tertiary/aromatic N) is 4. The van der Waals surface area contributed by atoms with Crippen molar-refractivity contribution < 1.29 is 9.18 Å². The fraction of sp³-hybridized carbons (Fsp3) is 0.444. The lowest BCUT2D eigenvalue weighted by Gasteiger charge is -2.54. The maximum Gasteiger partial charge on any atom is 0.322 e. The number of benzene rings is 1. The van der Waals surface area contributed by atoms with E-state index in [4.69, 9.17) is 0 Å². The zero-order valence-corrected chi connectivity index (χ0v) is 14.2. The number of nitrogens with one attached hydrogen (secondary N) is 1. The molecule has 2 fully saturated rings. The first-order chi connectivity index (χ1) is 12.0. The smallest absolute Gasteiger partial charge is 0.318 e. The van der Waals surface area contributed by atoms with Crippen LogP contribution in [-0.4, -0.2) is 38.2 Å². The van der Waals surface area contributed by atoms with Crippen LogP contribution in [0.25, 0.3) is 11.3 Å². The first kappa shape index (κ1) is 15.9. The number of hydrogen-bond donors (Lipinski definition) is 1. The van der Waals surface area contributed by atoms with E-state index in [1.165, 1.54) is 12.4 Å². The van der Waals surface area contributed by atoms with E-state index < -0.39 is 5.82 Å². The molecule has 2 bridgehead atoms. The Morgan fingerprint density at radius 2 is 2.04 bits per heavy atom. The van der Waals surface area contributed by atoms with Crippen molar-refractivity contribution >= 4 is 11.7 Å². The predicted octanol–water partition coefficient (Wildman–Crippen LogP) is 3.39. The van der Waals surface area contributed by atoms with Gasteiger partial charge in [-0.25, -0.2) is 14.2 Å². The third-order valence-corrected chi connectivity index (χ3v) is 5.23. The van der Waals surface area contributed by atoms with Gasteiger partial charge in [0.2, 0.25) is 0 Å². The van der Waals surface area contributed by atoms with Gasteiger partial charge in [0.05, 0.1) is 11.9 Å². The second-order valence-corrected chi connectivity index (χ2v) is 7.10. The Labute approximate surface area is 145 Å². The molecule has 1 aromatic heterocycles. The summed E-state index contributed by atoms with van der Waals surface area (Å²) in [5.41, 5.74) is 2.13. The van der Waals surface area contributed by atoms with Crippen LogP contribution < -0.4 is 5.32 Å². The van der Waals surface area contributed by atoms with E-state index in [-0.39, 0.29) is 23.8 Å². The molecule has 4 rings (SSSR count). The van der Waals surface area contributed by atoms with Crippen molar-refractivity contribution in [3.8, 4) is 11.3 Å². The molecule has 0 saturated carbocycles. The van der Waals surface area contributed by atoms with Crippen LogP contribution in [0.2, 0.25) is 0 Å². The van der Waals surface area contributed by atoms with Crippen molar-refractivity contribution in [1.82, 2.24) is 20.1 Å². The highest BCUT2D eigenvalue weighted by Crippen LogP contribution is 2.41. The molecule has 2 amide bonds. The summed E-state index contributed by atoms with van der Waals surface area (Å²) in [5, 5.41) is 10.5. The van der Waals surface area contributed by atoms with Gasteiger partial charge in [0.15, 0.2) is 0 Å². The number of anilines is 1. The molecule has 0 spiro atoms. The summed E-state index contributed by atoms with van der Waals surface area (Å²) in [5.74, 6) is 0.199. The number of carbonyl (C=O) groups is 1. The lowest BCUT2D eigenvalue weighted by atomic mass is 9.74. The van der Waals surface area contributed by atoms with Crippen LogP contribution in [0, 0.1) is 18.7 Å². The number of urea groups is 1. The average Bonchev–Trinajstić information content (AvgIpc) is 2.57. The Bertz CT molecular complexity index is 801. The molecule has 2 aliphatic heterocycles. The van der Waals surface area contributed by atoms with Crippen molar-refractivity contribution in [2.24, 2.45) is 5.92 Å². The molecule has 0 aliphatic carbocycles. The van der Waals surface area contributed by atoms with E-state index >= 15 is 0 Å². The van der Waals surface area contributed by atoms with Gasteiger partial charge >= 0.3 is 6.03 Å². The number of halogens is 1. The second kappa shape index (κ2) is 6.06. The number of aryl methyl sites for hydroxylation is 1. The minimum absolute atomic E-state index is 0.161. The number of hydrogen-bond acceptors (Lipinski definition) is 4. The van der Waals surface area contributed by atoms with Gasteiger partial charge in [0, 0.05) is 17.6 Å². The fourth-order valence-electron chi connectivity index (χ4n) is 4.07. The van der Waals surface area contributed by atoms with Crippen LogP contribution >= 0.6 is 0 Å². The Morgan fingerprint density at radius 1 is 1.28 bits per heavy atom. The molecule has 2 aromatic rings. The molecule has 2 unspecified atom stereocenters. The normalized spacial score (nSPS) is 24.6. The third kappa shape index (κ3) is 2.83. The average molecular weight is 341 g/mol. The highest BCUT2D eigenvalue weighted by Gasteiger charge is 2.46. The van der Waals surface area contributed by atoms with Gasteiger partial charge < -0.3 is 10.2 Å². The van der Waals surface area contributed by atoms with Gasteiger partial charge in [0.1, 0.15) is 17.8 Å². The van der Waals surface area contributed by atoms with Crippen LogP contribution in [0.4, 0.5) is 14.9 Å². The van der Waals surface area contributed by atoms with Gasteiger partial charge in [-0.3, -0.25) is 0 Å². The SMILES string of the molecule is Cc1cc(F)c(NC(=O)N2C3CC(C)CC2C3)cc1-c1cncnn1. The van der Waals surface area contributed by atoms with Crippen LogP contribution in [0.5, 0.6) is 0 Å². The van der Waals surface area contributed by atoms with Gasteiger partial charge in [-0.2, -0.15) is 0 Å². The van der Waals surface area contributed by atoms with Crippen LogP contribution in [0.15, 0.2) is 24.7 Å². The fourth-order valence-corrected chi connectivity index (χ4v) is 4.07. The van der Waals surface area contributed by atoms with Crippen LogP contribution in [0.3, 0.4) is 0 Å². The summed E-state index contributed by atoms with van der Waals surface area (Å²) >= 11 is 0. The van der Waals surface area contributed by atoms with Crippen molar-refractivity contribution in [3.63, 3.8) is 0 Å². The minimum atomic E-state index is -0.453. The summed E-state index contributed by atoms with van der Waals surface area (Å²) in [6.07, 6.45) is 6.02.